The minimum Gasteiger partial charge on any atom is -0.481 e. The number of hydrogen-bond donors (Lipinski definition) is 2. The van der Waals surface area contributed by atoms with Crippen LogP contribution in [0.15, 0.2) is 18.3 Å². The third kappa shape index (κ3) is 2.01. The maximum absolute atomic E-state index is 12.0. The summed E-state index contributed by atoms with van der Waals surface area (Å²) < 4.78 is 4.89. The van der Waals surface area contributed by atoms with Gasteiger partial charge in [0.05, 0.1) is 19.0 Å². The Hall–Kier alpha value is -2.11. The number of methoxy groups -OCH3 is 1. The Morgan fingerprint density at radius 2 is 2.17 bits per heavy atom. The highest BCUT2D eigenvalue weighted by molar-refractivity contribution is 6.09. The van der Waals surface area contributed by atoms with Crippen LogP contribution >= 0.6 is 0 Å². The average molecular weight is 250 g/mol. The number of anilines is 1. The van der Waals surface area contributed by atoms with Crippen molar-refractivity contribution in [2.45, 2.75) is 19.3 Å². The van der Waals surface area contributed by atoms with Crippen LogP contribution in [0.1, 0.15) is 19.3 Å². The number of ether oxygens (including phenoxy) is 1. The molecule has 0 radical (unpaired) electrons. The summed E-state index contributed by atoms with van der Waals surface area (Å²) in [4.78, 5) is 27.0. The number of carbonyl (C=O) groups excluding carboxylic acids is 1. The van der Waals surface area contributed by atoms with E-state index in [1.54, 1.807) is 12.1 Å². The van der Waals surface area contributed by atoms with Gasteiger partial charge in [-0.25, -0.2) is 4.98 Å². The van der Waals surface area contributed by atoms with Gasteiger partial charge in [-0.3, -0.25) is 9.59 Å². The van der Waals surface area contributed by atoms with Crippen LogP contribution in [0.4, 0.5) is 5.69 Å². The second-order valence-electron chi connectivity index (χ2n) is 4.28. The predicted octanol–water partition coefficient (Wildman–Crippen LogP) is 1.28. The molecule has 0 unspecified atom stereocenters. The van der Waals surface area contributed by atoms with Crippen LogP contribution in [0.2, 0.25) is 0 Å². The van der Waals surface area contributed by atoms with E-state index in [2.05, 4.69) is 10.3 Å². The van der Waals surface area contributed by atoms with Crippen LogP contribution in [0.25, 0.3) is 0 Å². The molecule has 6 nitrogen and oxygen atoms in total. The van der Waals surface area contributed by atoms with Gasteiger partial charge in [-0.05, 0) is 18.9 Å². The molecule has 1 aliphatic rings. The molecule has 0 saturated heterocycles. The number of amides is 1. The summed E-state index contributed by atoms with van der Waals surface area (Å²) >= 11 is 0. The molecule has 1 fully saturated rings. The SMILES string of the molecule is COc1ccc(NC(=O)C2(C(=O)O)CCC2)cn1. The van der Waals surface area contributed by atoms with Crippen LogP contribution < -0.4 is 10.1 Å². The summed E-state index contributed by atoms with van der Waals surface area (Å²) in [6.45, 7) is 0. The summed E-state index contributed by atoms with van der Waals surface area (Å²) in [6, 6.07) is 3.22. The number of nitrogens with one attached hydrogen (secondary N) is 1. The molecule has 0 atom stereocenters. The molecule has 18 heavy (non-hydrogen) atoms. The Labute approximate surface area is 104 Å². The molecule has 0 bridgehead atoms. The van der Waals surface area contributed by atoms with Gasteiger partial charge in [0.25, 0.3) is 0 Å². The van der Waals surface area contributed by atoms with Gasteiger partial charge in [0, 0.05) is 6.07 Å². The summed E-state index contributed by atoms with van der Waals surface area (Å²) in [5, 5.41) is 11.7. The van der Waals surface area contributed by atoms with Crippen molar-refractivity contribution in [2.75, 3.05) is 12.4 Å². The number of hydrogen-bond acceptors (Lipinski definition) is 4. The summed E-state index contributed by atoms with van der Waals surface area (Å²) in [5.74, 6) is -1.11. The van der Waals surface area contributed by atoms with E-state index >= 15 is 0 Å². The lowest BCUT2D eigenvalue weighted by Crippen LogP contribution is -2.48. The van der Waals surface area contributed by atoms with Crippen LogP contribution in [0.3, 0.4) is 0 Å². The van der Waals surface area contributed by atoms with Crippen molar-refractivity contribution in [3.8, 4) is 5.88 Å². The molecule has 1 aromatic rings. The van der Waals surface area contributed by atoms with Crippen LogP contribution in [-0.4, -0.2) is 29.1 Å². The smallest absolute Gasteiger partial charge is 0.319 e. The Morgan fingerprint density at radius 3 is 2.56 bits per heavy atom. The fourth-order valence-corrected chi connectivity index (χ4v) is 1.89. The first-order valence-corrected chi connectivity index (χ1v) is 5.63. The summed E-state index contributed by atoms with van der Waals surface area (Å²) in [5.41, 5.74) is -0.798. The number of nitrogens with zero attached hydrogens (tertiary/aromatic N) is 1. The van der Waals surface area contributed by atoms with E-state index in [1.807, 2.05) is 0 Å². The van der Waals surface area contributed by atoms with Crippen molar-refractivity contribution in [3.63, 3.8) is 0 Å². The van der Waals surface area contributed by atoms with Crippen LogP contribution in [0.5, 0.6) is 5.88 Å². The maximum atomic E-state index is 12.0. The Bertz CT molecular complexity index is 465. The Balaban J connectivity index is 2.08. The minimum absolute atomic E-state index is 0.387. The lowest BCUT2D eigenvalue weighted by Gasteiger charge is -2.35. The Kier molecular flexibility index (Phi) is 3.18. The first kappa shape index (κ1) is 12.3. The number of aromatic nitrogens is 1. The number of carboxylic acid groups (broad SMARTS) is 1. The van der Waals surface area contributed by atoms with E-state index in [9.17, 15) is 9.59 Å². The van der Waals surface area contributed by atoms with Crippen molar-refractivity contribution in [1.82, 2.24) is 4.98 Å². The van der Waals surface area contributed by atoms with Gasteiger partial charge < -0.3 is 15.2 Å². The van der Waals surface area contributed by atoms with Gasteiger partial charge >= 0.3 is 5.97 Å². The third-order valence-electron chi connectivity index (χ3n) is 3.25. The van der Waals surface area contributed by atoms with Crippen LogP contribution in [-0.2, 0) is 9.59 Å². The number of pyridine rings is 1. The van der Waals surface area contributed by atoms with Crippen molar-refractivity contribution in [3.05, 3.63) is 18.3 Å². The number of rotatable bonds is 4. The molecule has 1 heterocycles. The number of carbonyl (C=O) groups is 2. The third-order valence-corrected chi connectivity index (χ3v) is 3.25. The normalized spacial score (nSPS) is 16.5. The van der Waals surface area contributed by atoms with E-state index in [4.69, 9.17) is 9.84 Å². The maximum Gasteiger partial charge on any atom is 0.319 e. The standard InChI is InChI=1S/C12H14N2O4/c1-18-9-4-3-8(7-13-9)14-10(15)12(11(16)17)5-2-6-12/h3-4,7H,2,5-6H2,1H3,(H,14,15)(H,16,17). The van der Waals surface area contributed by atoms with E-state index in [0.29, 0.717) is 24.4 Å². The van der Waals surface area contributed by atoms with Gasteiger partial charge in [0.2, 0.25) is 11.8 Å². The summed E-state index contributed by atoms with van der Waals surface area (Å²) in [6.07, 6.45) is 2.97. The van der Waals surface area contributed by atoms with Gasteiger partial charge in [0.15, 0.2) is 0 Å². The lowest BCUT2D eigenvalue weighted by atomic mass is 9.68. The van der Waals surface area contributed by atoms with Crippen molar-refractivity contribution < 1.29 is 19.4 Å². The second kappa shape index (κ2) is 4.64. The molecule has 2 N–H and O–H groups in total. The first-order valence-electron chi connectivity index (χ1n) is 5.63. The highest BCUT2D eigenvalue weighted by Gasteiger charge is 2.51. The highest BCUT2D eigenvalue weighted by atomic mass is 16.5. The van der Waals surface area contributed by atoms with Gasteiger partial charge in [0.1, 0.15) is 5.41 Å². The molecule has 0 aliphatic heterocycles. The minimum atomic E-state index is -1.26. The molecule has 0 spiro atoms. The molecule has 1 aromatic heterocycles. The zero-order chi connectivity index (χ0) is 13.2. The topological polar surface area (TPSA) is 88.5 Å². The van der Waals surface area contributed by atoms with E-state index in [1.165, 1.54) is 13.3 Å². The molecule has 1 saturated carbocycles. The highest BCUT2D eigenvalue weighted by Crippen LogP contribution is 2.42. The zero-order valence-corrected chi connectivity index (χ0v) is 9.97. The molecule has 2 rings (SSSR count). The molecular formula is C12H14N2O4. The Morgan fingerprint density at radius 1 is 1.44 bits per heavy atom. The molecule has 96 valence electrons. The molecule has 6 heteroatoms. The van der Waals surface area contributed by atoms with E-state index < -0.39 is 17.3 Å². The number of carboxylic acids is 1. The first-order chi connectivity index (χ1) is 8.58. The van der Waals surface area contributed by atoms with Crippen molar-refractivity contribution >= 4 is 17.6 Å². The largest absolute Gasteiger partial charge is 0.481 e. The van der Waals surface area contributed by atoms with E-state index in [-0.39, 0.29) is 0 Å². The van der Waals surface area contributed by atoms with Crippen molar-refractivity contribution in [1.29, 1.82) is 0 Å². The van der Waals surface area contributed by atoms with Gasteiger partial charge in [-0.1, -0.05) is 6.42 Å². The molecule has 1 amide bonds. The monoisotopic (exact) mass is 250 g/mol. The molecule has 1 aliphatic carbocycles. The molecule has 0 aromatic carbocycles. The van der Waals surface area contributed by atoms with Gasteiger partial charge in [-0.15, -0.1) is 0 Å². The fraction of sp³-hybridized carbons (Fsp3) is 0.417. The lowest BCUT2D eigenvalue weighted by molar-refractivity contribution is -0.159. The second-order valence-corrected chi connectivity index (χ2v) is 4.28. The quantitative estimate of drug-likeness (QED) is 0.786. The number of aliphatic carboxylic acids is 1. The zero-order valence-electron chi connectivity index (χ0n) is 9.97. The summed E-state index contributed by atoms with van der Waals surface area (Å²) in [7, 11) is 1.49. The van der Waals surface area contributed by atoms with Gasteiger partial charge in [-0.2, -0.15) is 0 Å². The average Bonchev–Trinajstić information content (AvgIpc) is 2.28. The predicted molar refractivity (Wildman–Crippen MR) is 63.3 cm³/mol. The van der Waals surface area contributed by atoms with Crippen LogP contribution in [0, 0.1) is 5.41 Å². The molecular weight excluding hydrogens is 236 g/mol. The van der Waals surface area contributed by atoms with Crippen molar-refractivity contribution in [2.24, 2.45) is 5.41 Å². The van der Waals surface area contributed by atoms with E-state index in [0.717, 1.165) is 6.42 Å². The fourth-order valence-electron chi connectivity index (χ4n) is 1.89.